The Balaban J connectivity index is 1.05. The van der Waals surface area contributed by atoms with Crippen molar-refractivity contribution in [2.75, 3.05) is 38.3 Å². The molecule has 8 atom stereocenters. The Bertz CT molecular complexity index is 3970. The predicted molar refractivity (Wildman–Crippen MR) is 372 cm³/mol. The molecule has 4 heterocycles. The number of H-pyrrole nitrogens is 2. The molecule has 0 radical (unpaired) electrons. The largest absolute Gasteiger partial charge is 0.497 e. The van der Waals surface area contributed by atoms with Crippen molar-refractivity contribution >= 4 is 99.1 Å². The second-order valence-electron chi connectivity index (χ2n) is 25.2. The number of aliphatic hydroxyl groups excluding tert-OH is 1. The molecule has 1 fully saturated rings. The van der Waals surface area contributed by atoms with E-state index < -0.39 is 131 Å². The molecule has 12 N–H and O–H groups in total. The summed E-state index contributed by atoms with van der Waals surface area (Å²) in [5.41, 5.74) is 3.53. The van der Waals surface area contributed by atoms with E-state index in [0.29, 0.717) is 88.6 Å². The zero-order chi connectivity index (χ0) is 71.5. The fourth-order valence-electron chi connectivity index (χ4n) is 12.4. The topological polar surface area (TPSA) is 364 Å². The monoisotopic (exact) mass is 1410 g/mol. The van der Waals surface area contributed by atoms with Crippen LogP contribution in [0.4, 0.5) is 8.78 Å². The molecule has 2 bridgehead atoms. The third-order valence-corrected chi connectivity index (χ3v) is 19.9. The molecule has 2 aromatic heterocycles. The van der Waals surface area contributed by atoms with Gasteiger partial charge < -0.3 is 72.4 Å². The number of methoxy groups -OCH3 is 1. The molecule has 100 heavy (non-hydrogen) atoms. The van der Waals surface area contributed by atoms with Crippen LogP contribution in [-0.4, -0.2) is 175 Å². The van der Waals surface area contributed by atoms with Crippen LogP contribution in [0, 0.1) is 11.6 Å². The average molecular weight is 1420 g/mol. The second-order valence-corrected chi connectivity index (χ2v) is 27.4. The lowest BCUT2D eigenvalue weighted by Gasteiger charge is -2.36. The molecular weight excluding hydrogens is 1330 g/mol. The van der Waals surface area contributed by atoms with E-state index in [2.05, 4.69) is 63.6 Å². The number of aliphatic carboxylic acids is 1. The van der Waals surface area contributed by atoms with E-state index >= 15 is 19.2 Å². The van der Waals surface area contributed by atoms with Crippen LogP contribution >= 0.6 is 23.5 Å². The van der Waals surface area contributed by atoms with Gasteiger partial charge in [0.2, 0.25) is 53.2 Å². The van der Waals surface area contributed by atoms with Gasteiger partial charge in [0.1, 0.15) is 71.0 Å². The van der Waals surface area contributed by atoms with Gasteiger partial charge in [-0.2, -0.15) is 23.5 Å². The summed E-state index contributed by atoms with van der Waals surface area (Å²) in [5.74, 6) is -7.46. The minimum absolute atomic E-state index is 0.0355. The van der Waals surface area contributed by atoms with E-state index in [4.69, 9.17) is 4.74 Å². The fraction of sp³-hybridized carbons (Fsp3) is 0.423. The van der Waals surface area contributed by atoms with Crippen LogP contribution in [0.2, 0.25) is 0 Å². The molecule has 9 amide bonds. The molecule has 0 spiro atoms. The molecule has 0 saturated carbocycles. The summed E-state index contributed by atoms with van der Waals surface area (Å²) in [6.45, 7) is 3.25. The number of ether oxygens (including phenoxy) is 1. The highest BCUT2D eigenvalue weighted by Crippen LogP contribution is 2.33. The minimum Gasteiger partial charge on any atom is -0.497 e. The number of aliphatic hydroxyl groups is 1. The zero-order valence-electron chi connectivity index (χ0n) is 55.7. The van der Waals surface area contributed by atoms with Gasteiger partial charge in [0.25, 0.3) is 0 Å². The number of rotatable bonds is 15. The van der Waals surface area contributed by atoms with Crippen molar-refractivity contribution in [1.82, 2.24) is 62.4 Å². The van der Waals surface area contributed by atoms with E-state index in [9.17, 15) is 47.8 Å². The van der Waals surface area contributed by atoms with Crippen molar-refractivity contribution in [2.24, 2.45) is 0 Å². The zero-order valence-corrected chi connectivity index (χ0v) is 57.4. The van der Waals surface area contributed by atoms with Crippen LogP contribution in [0.25, 0.3) is 16.5 Å². The first-order valence-electron chi connectivity index (χ1n) is 33.2. The lowest BCUT2D eigenvalue weighted by atomic mass is 9.95. The Morgan fingerprint density at radius 2 is 1.35 bits per heavy atom. The highest BCUT2D eigenvalue weighted by Gasteiger charge is 2.48. The number of aromatic nitrogens is 3. The number of fused-ring (bicyclic) bond motifs is 5. The summed E-state index contributed by atoms with van der Waals surface area (Å²) in [5, 5.41) is 41.9. The lowest BCUT2D eigenvalue weighted by Crippen LogP contribution is -2.62. The van der Waals surface area contributed by atoms with Crippen LogP contribution in [0.15, 0.2) is 110 Å². The lowest BCUT2D eigenvalue weighted by molar-refractivity contribution is -0.146. The van der Waals surface area contributed by atoms with Crippen molar-refractivity contribution < 1.29 is 71.7 Å². The Kier molecular flexibility index (Phi) is 26.4. The Morgan fingerprint density at radius 3 is 2.05 bits per heavy atom. The number of carboxylic acid groups (broad SMARTS) is 1. The van der Waals surface area contributed by atoms with Crippen molar-refractivity contribution in [3.05, 3.63) is 160 Å². The normalized spacial score (nSPS) is 23.3. The fourth-order valence-corrected chi connectivity index (χ4v) is 14.1. The number of carbonyl (C=O) groups excluding carboxylic acids is 9. The van der Waals surface area contributed by atoms with Crippen LogP contribution in [-0.2, 0) is 85.1 Å². The maximum absolute atomic E-state index is 15.2. The van der Waals surface area contributed by atoms with Crippen LogP contribution in [0.1, 0.15) is 104 Å². The van der Waals surface area contributed by atoms with Crippen molar-refractivity contribution in [3.63, 3.8) is 0 Å². The summed E-state index contributed by atoms with van der Waals surface area (Å²) < 4.78 is 35.3. The Hall–Kier alpha value is -9.61. The number of carboxylic acids is 1. The smallest absolute Gasteiger partial charge is 0.305 e. The van der Waals surface area contributed by atoms with Crippen molar-refractivity contribution in [3.8, 4) is 5.75 Å². The number of carbonyl (C=O) groups is 10. The number of hydrogen-bond donors (Lipinski definition) is 12. The average Bonchev–Trinajstić information content (AvgIpc) is 1.62. The van der Waals surface area contributed by atoms with Crippen molar-refractivity contribution in [1.29, 1.82) is 0 Å². The number of nitrogens with zero attached hydrogens (tertiary/aromatic N) is 2. The van der Waals surface area contributed by atoms with Gasteiger partial charge in [0, 0.05) is 104 Å². The summed E-state index contributed by atoms with van der Waals surface area (Å²) in [6.07, 6.45) is 5.56. The molecule has 4 aromatic carbocycles. The molecule has 1 saturated heterocycles. The SMILES string of the molecule is COc1ccc(C[C@@H]2NC(=O)[C@H](Cc3ncc[nH]3)NC(=O)[C@H](CC(=O)O)NC(=O)[C@H](Cc3c[nH]c4ccc(F)cc34)NC(=O)[C@H](CC3=CCc4ccc(F)cc43)NC(=O)[C@@H](C)NC(=O)[C@H](CCCCO)NC(=O)CCSCc3cccc(c3)CSCCNC(=O)[C@]3(C)CCCN3C2=O)cc1. The first-order chi connectivity index (χ1) is 48.1. The number of aromatic amines is 2. The van der Waals surface area contributed by atoms with E-state index in [-0.39, 0.29) is 68.6 Å². The number of allylic oxidation sites excluding steroid dienone is 1. The number of amides is 9. The second kappa shape index (κ2) is 35.4. The van der Waals surface area contributed by atoms with Crippen molar-refractivity contribution in [2.45, 2.75) is 150 Å². The number of nitrogens with one attached hydrogen (secondary N) is 10. The Labute approximate surface area is 585 Å². The summed E-state index contributed by atoms with van der Waals surface area (Å²) in [7, 11) is 1.49. The number of imidazole rings is 1. The molecule has 29 heteroatoms. The molecule has 3 aliphatic rings. The number of hydrogen-bond acceptors (Lipinski definition) is 15. The standard InChI is InChI=1S/C71H84F2N12O13S2/c1-41-63(90)80-55(32-46-14-13-45-15-16-48(72)34-51(45)46)65(92)81-56(33-47-38-77-53-20-17-49(73)35-52(47)53)66(93)83-58(37-62(88)89)68(95)82-57(36-60-74-23-24-75-60)67(94)84-59(31-42-11-18-50(98-3)19-12-42)69(96)85-26-7-22-71(85,2)70(97)76-25-29-100-40-44-9-6-8-43(30-44)39-99-28-21-61(87)79-54(64(91)78-41)10-4-5-27-86/h6,8-9,11-12,14-20,23-24,30,34-35,38,41,54-59,77,86H,4-5,7,10,13,21-22,25-29,31-33,36-37,39-40H2,1-3H3,(H,74,75)(H,76,97)(H,78,91)(H,79,87)(H,80,90)(H,81,92)(H,82,95)(H,83,93)(H,84,94)(H,88,89)/t41-,54+,55+,56+,57+,58+,59+,71+/m1/s1. The van der Waals surface area contributed by atoms with Gasteiger partial charge in [-0.25, -0.2) is 13.8 Å². The van der Waals surface area contributed by atoms with Gasteiger partial charge in [0.05, 0.1) is 13.5 Å². The number of benzene rings is 4. The van der Waals surface area contributed by atoms with Gasteiger partial charge in [-0.3, -0.25) is 47.9 Å². The quantitative estimate of drug-likeness (QED) is 0.0636. The highest BCUT2D eigenvalue weighted by molar-refractivity contribution is 7.98. The van der Waals surface area contributed by atoms with E-state index in [1.165, 1.54) is 79.6 Å². The third kappa shape index (κ3) is 20.3. The Morgan fingerprint density at radius 1 is 0.700 bits per heavy atom. The van der Waals surface area contributed by atoms with Gasteiger partial charge in [-0.15, -0.1) is 0 Å². The number of halogens is 2. The molecular formula is C71H84F2N12O13S2. The molecule has 25 nitrogen and oxygen atoms in total. The molecule has 532 valence electrons. The first-order valence-corrected chi connectivity index (χ1v) is 35.5. The predicted octanol–water partition coefficient (Wildman–Crippen LogP) is 4.35. The minimum atomic E-state index is -2.01. The van der Waals surface area contributed by atoms with Crippen LogP contribution < -0.4 is 47.3 Å². The van der Waals surface area contributed by atoms with Gasteiger partial charge in [0.15, 0.2) is 0 Å². The van der Waals surface area contributed by atoms with E-state index in [0.717, 1.165) is 11.1 Å². The maximum atomic E-state index is 15.2. The number of thioether (sulfide) groups is 2. The summed E-state index contributed by atoms with van der Waals surface area (Å²) in [6, 6.07) is 11.7. The van der Waals surface area contributed by atoms with Crippen LogP contribution in [0.5, 0.6) is 5.75 Å². The highest BCUT2D eigenvalue weighted by atomic mass is 32.2. The summed E-state index contributed by atoms with van der Waals surface area (Å²) >= 11 is 3.11. The third-order valence-electron chi connectivity index (χ3n) is 17.9. The first kappa shape index (κ1) is 74.6. The molecule has 2 aliphatic heterocycles. The molecule has 0 unspecified atom stereocenters. The maximum Gasteiger partial charge on any atom is 0.305 e. The van der Waals surface area contributed by atoms with E-state index in [1.807, 2.05) is 18.2 Å². The van der Waals surface area contributed by atoms with Gasteiger partial charge >= 0.3 is 5.97 Å². The van der Waals surface area contributed by atoms with Crippen LogP contribution in [0.3, 0.4) is 0 Å². The van der Waals surface area contributed by atoms with Gasteiger partial charge in [-0.1, -0.05) is 48.5 Å². The van der Waals surface area contributed by atoms with E-state index in [1.54, 1.807) is 55.1 Å². The number of unbranched alkanes of at least 4 members (excludes halogenated alkanes) is 1. The molecule has 9 rings (SSSR count). The molecule has 1 aliphatic carbocycles. The molecule has 6 aromatic rings. The van der Waals surface area contributed by atoms with Gasteiger partial charge in [-0.05, 0) is 134 Å². The summed E-state index contributed by atoms with van der Waals surface area (Å²) in [4.78, 5) is 156.